The maximum Gasteiger partial charge on any atom is 0.175 e. The molecule has 0 aliphatic rings. The van der Waals surface area contributed by atoms with Gasteiger partial charge in [-0.2, -0.15) is 0 Å². The van der Waals surface area contributed by atoms with Gasteiger partial charge in [0.1, 0.15) is 0 Å². The van der Waals surface area contributed by atoms with E-state index in [0.717, 1.165) is 11.1 Å². The van der Waals surface area contributed by atoms with Gasteiger partial charge in [-0.3, -0.25) is 0 Å². The molecule has 84 valence electrons. The van der Waals surface area contributed by atoms with Crippen molar-refractivity contribution in [2.45, 2.75) is 20.9 Å². The van der Waals surface area contributed by atoms with Gasteiger partial charge in [0.15, 0.2) is 11.1 Å². The Bertz CT molecular complexity index is 452. The van der Waals surface area contributed by atoms with Gasteiger partial charge in [-0.05, 0) is 30.5 Å². The summed E-state index contributed by atoms with van der Waals surface area (Å²) in [5, 5.41) is 0. The van der Waals surface area contributed by atoms with Gasteiger partial charge in [-0.1, -0.05) is 63.4 Å². The van der Waals surface area contributed by atoms with Crippen LogP contribution in [0.25, 0.3) is 0 Å². The van der Waals surface area contributed by atoms with Crippen LogP contribution in [0.15, 0.2) is 18.2 Å². The summed E-state index contributed by atoms with van der Waals surface area (Å²) in [5.74, 6) is 0.130. The van der Waals surface area contributed by atoms with Crippen LogP contribution in [0.5, 0.6) is 0 Å². The minimum atomic E-state index is -3.01. The molecule has 0 saturated heterocycles. The Balaban J connectivity index is 2.96. The molecule has 1 aromatic rings. The van der Waals surface area contributed by atoms with E-state index in [-0.39, 0.29) is 7.02 Å². The lowest BCUT2D eigenvalue weighted by Gasteiger charge is -2.07. The van der Waals surface area contributed by atoms with E-state index in [0.29, 0.717) is 0 Å². The monoisotopic (exact) mass is 450 g/mol. The standard InChI is InChI=1S/C10H12I2O2S/c1-7-3-4-9(5-8(7)2)6-15(13,14)10(11)12/h3-5,10H,6H2,1-2H3. The van der Waals surface area contributed by atoms with E-state index in [2.05, 4.69) is 0 Å². The minimum Gasteiger partial charge on any atom is -0.227 e. The largest absolute Gasteiger partial charge is 0.227 e. The molecule has 0 fully saturated rings. The van der Waals surface area contributed by atoms with E-state index in [1.807, 2.05) is 77.2 Å². The number of aryl methyl sites for hydroxylation is 2. The number of benzene rings is 1. The Morgan fingerprint density at radius 3 is 2.27 bits per heavy atom. The molecule has 0 aliphatic heterocycles. The zero-order valence-corrected chi connectivity index (χ0v) is 13.6. The van der Waals surface area contributed by atoms with Crippen molar-refractivity contribution < 1.29 is 8.42 Å². The van der Waals surface area contributed by atoms with Crippen molar-refractivity contribution in [3.8, 4) is 0 Å². The molecule has 0 spiro atoms. The summed E-state index contributed by atoms with van der Waals surface area (Å²) >= 11 is 3.85. The summed E-state index contributed by atoms with van der Waals surface area (Å²) < 4.78 is 23.0. The average molecular weight is 450 g/mol. The Morgan fingerprint density at radius 2 is 1.80 bits per heavy atom. The third-order valence-corrected chi connectivity index (χ3v) is 8.14. The Labute approximate surface area is 118 Å². The van der Waals surface area contributed by atoms with Gasteiger partial charge in [0.2, 0.25) is 0 Å². The van der Waals surface area contributed by atoms with Crippen molar-refractivity contribution in [1.82, 2.24) is 0 Å². The Morgan fingerprint density at radius 1 is 1.20 bits per heavy atom. The molecule has 0 N–H and O–H groups in total. The summed E-state index contributed by atoms with van der Waals surface area (Å²) in [7, 11) is -3.01. The first-order valence-electron chi connectivity index (χ1n) is 4.39. The van der Waals surface area contributed by atoms with E-state index >= 15 is 0 Å². The molecule has 0 bridgehead atoms. The van der Waals surface area contributed by atoms with Crippen molar-refractivity contribution in [2.24, 2.45) is 0 Å². The van der Waals surface area contributed by atoms with Gasteiger partial charge in [0.25, 0.3) is 0 Å². The molecule has 0 radical (unpaired) electrons. The van der Waals surface area contributed by atoms with Gasteiger partial charge in [-0.15, -0.1) is 0 Å². The highest BCUT2D eigenvalue weighted by atomic mass is 127. The van der Waals surface area contributed by atoms with Crippen molar-refractivity contribution >= 4 is 55.0 Å². The molecule has 0 aliphatic carbocycles. The van der Waals surface area contributed by atoms with Gasteiger partial charge in [0.05, 0.1) is 5.75 Å². The summed E-state index contributed by atoms with van der Waals surface area (Å²) in [5.41, 5.74) is 3.20. The first kappa shape index (κ1) is 13.7. The fourth-order valence-electron chi connectivity index (χ4n) is 1.19. The predicted octanol–water partition coefficient (Wildman–Crippen LogP) is 3.37. The number of alkyl halides is 2. The second-order valence-corrected chi connectivity index (χ2v) is 12.1. The molecular formula is C10H12I2O2S. The number of halogens is 2. The van der Waals surface area contributed by atoms with Crippen LogP contribution in [-0.4, -0.2) is 9.68 Å². The maximum absolute atomic E-state index is 11.7. The van der Waals surface area contributed by atoms with E-state index in [4.69, 9.17) is 0 Å². The maximum atomic E-state index is 11.7. The van der Waals surface area contributed by atoms with Crippen LogP contribution in [0.3, 0.4) is 0 Å². The molecule has 0 saturated carbocycles. The van der Waals surface area contributed by atoms with Crippen molar-refractivity contribution in [3.05, 3.63) is 34.9 Å². The highest BCUT2D eigenvalue weighted by Crippen LogP contribution is 2.22. The van der Waals surface area contributed by atoms with Gasteiger partial charge in [-0.25, -0.2) is 8.42 Å². The third-order valence-electron chi connectivity index (χ3n) is 2.21. The first-order valence-corrected chi connectivity index (χ1v) is 8.59. The summed E-state index contributed by atoms with van der Waals surface area (Å²) in [6.45, 7) is 4.02. The molecule has 5 heteroatoms. The van der Waals surface area contributed by atoms with Crippen LogP contribution < -0.4 is 0 Å². The normalized spacial score (nSPS) is 12.1. The van der Waals surface area contributed by atoms with Crippen molar-refractivity contribution in [2.75, 3.05) is 0 Å². The summed E-state index contributed by atoms with van der Waals surface area (Å²) in [6, 6.07) is 5.80. The van der Waals surface area contributed by atoms with Crippen LogP contribution in [0.4, 0.5) is 0 Å². The van der Waals surface area contributed by atoms with Crippen molar-refractivity contribution in [3.63, 3.8) is 0 Å². The molecule has 0 aromatic heterocycles. The predicted molar refractivity (Wildman–Crippen MR) is 80.4 cm³/mol. The zero-order valence-electron chi connectivity index (χ0n) is 8.50. The van der Waals surface area contributed by atoms with Crippen LogP contribution >= 0.6 is 45.2 Å². The Hall–Kier alpha value is 0.630. The fraction of sp³-hybridized carbons (Fsp3) is 0.400. The number of sulfone groups is 1. The fourth-order valence-corrected chi connectivity index (χ4v) is 3.04. The smallest absolute Gasteiger partial charge is 0.175 e. The van der Waals surface area contributed by atoms with E-state index in [1.165, 1.54) is 5.56 Å². The molecule has 1 rings (SSSR count). The van der Waals surface area contributed by atoms with Crippen molar-refractivity contribution in [1.29, 1.82) is 0 Å². The molecule has 0 unspecified atom stereocenters. The molecule has 2 nitrogen and oxygen atoms in total. The van der Waals surface area contributed by atoms with Crippen LogP contribution in [0.1, 0.15) is 16.7 Å². The summed E-state index contributed by atoms with van der Waals surface area (Å²) in [6.07, 6.45) is 0. The number of hydrogen-bond donors (Lipinski definition) is 0. The average Bonchev–Trinajstić information content (AvgIpc) is 2.10. The molecule has 0 atom stereocenters. The quantitative estimate of drug-likeness (QED) is 0.523. The third kappa shape index (κ3) is 3.85. The molecule has 15 heavy (non-hydrogen) atoms. The first-order chi connectivity index (χ1) is 6.83. The van der Waals surface area contributed by atoms with Gasteiger partial charge >= 0.3 is 0 Å². The van der Waals surface area contributed by atoms with Crippen LogP contribution in [0, 0.1) is 13.8 Å². The topological polar surface area (TPSA) is 34.1 Å². The lowest BCUT2D eigenvalue weighted by atomic mass is 10.1. The minimum absolute atomic E-state index is 0.130. The zero-order chi connectivity index (χ0) is 11.6. The van der Waals surface area contributed by atoms with E-state index in [1.54, 1.807) is 0 Å². The van der Waals surface area contributed by atoms with Gasteiger partial charge < -0.3 is 0 Å². The van der Waals surface area contributed by atoms with Gasteiger partial charge in [0, 0.05) is 0 Å². The van der Waals surface area contributed by atoms with E-state index < -0.39 is 9.84 Å². The summed E-state index contributed by atoms with van der Waals surface area (Å²) in [4.78, 5) is 0. The molecule has 0 heterocycles. The number of hydrogen-bond acceptors (Lipinski definition) is 2. The highest BCUT2D eigenvalue weighted by Gasteiger charge is 2.19. The lowest BCUT2D eigenvalue weighted by Crippen LogP contribution is -2.10. The Kier molecular flexibility index (Phi) is 4.85. The van der Waals surface area contributed by atoms with Crippen LogP contribution in [0.2, 0.25) is 0 Å². The number of rotatable bonds is 3. The molecule has 0 amide bonds. The van der Waals surface area contributed by atoms with E-state index in [9.17, 15) is 8.42 Å². The second kappa shape index (κ2) is 5.31. The lowest BCUT2D eigenvalue weighted by molar-refractivity contribution is 0.600. The molecular weight excluding hydrogens is 438 g/mol. The van der Waals surface area contributed by atoms with Crippen LogP contribution in [-0.2, 0) is 15.6 Å². The SMILES string of the molecule is Cc1ccc(CS(=O)(=O)C(I)I)cc1C. The highest BCUT2D eigenvalue weighted by molar-refractivity contribution is 14.2. The molecule has 1 aromatic carbocycles. The second-order valence-electron chi connectivity index (χ2n) is 3.49.